The van der Waals surface area contributed by atoms with Crippen molar-refractivity contribution in [2.45, 2.75) is 27.7 Å². The largest absolute Gasteiger partial charge is 0.512 e. The van der Waals surface area contributed by atoms with Crippen molar-refractivity contribution in [2.24, 2.45) is 0 Å². The van der Waals surface area contributed by atoms with E-state index in [1.165, 1.54) is 57.1 Å². The van der Waals surface area contributed by atoms with Crippen LogP contribution in [0, 0.1) is 19.9 Å². The van der Waals surface area contributed by atoms with Crippen molar-refractivity contribution >= 4 is 27.2 Å². The van der Waals surface area contributed by atoms with E-state index < -0.39 is 0 Å². The predicted molar refractivity (Wildman–Crippen MR) is 151 cm³/mol. The normalized spacial score (nSPS) is 10.9. The summed E-state index contributed by atoms with van der Waals surface area (Å²) in [6.45, 7) is 7.06. The van der Waals surface area contributed by atoms with Gasteiger partial charge in [-0.2, -0.15) is 0 Å². The summed E-state index contributed by atoms with van der Waals surface area (Å²) in [7, 11) is 0. The Balaban J connectivity index is 0.000000422. The Morgan fingerprint density at radius 2 is 1.54 bits per heavy atom. The standard InChI is InChI=1S/C27H20NS.C5H8O2.Ir/c1-18-13-19(2)15-22(14-18)24-16-23-25(17-28-24)29-27(21-11-7-4-8-12-21)26(23)20-9-5-3-6-10-20;1-4(6)3-5(2)7;/h3-14,16-17H,1-2H3;3,6H,1-2H3;/q-1;;/b;4-3-;. The molecule has 0 saturated heterocycles. The quantitative estimate of drug-likeness (QED) is 0.117. The summed E-state index contributed by atoms with van der Waals surface area (Å²) in [5, 5.41) is 9.61. The second-order valence-corrected chi connectivity index (χ2v) is 9.81. The Hall–Kier alpha value is -3.37. The smallest absolute Gasteiger partial charge is 0.155 e. The van der Waals surface area contributed by atoms with Crippen molar-refractivity contribution in [1.29, 1.82) is 0 Å². The molecule has 0 amide bonds. The minimum atomic E-state index is -0.125. The van der Waals surface area contributed by atoms with Gasteiger partial charge in [0.05, 0.1) is 10.5 Å². The van der Waals surface area contributed by atoms with Crippen LogP contribution in [0.2, 0.25) is 0 Å². The molecule has 0 spiro atoms. The molecule has 0 aliphatic rings. The zero-order valence-electron chi connectivity index (χ0n) is 21.2. The van der Waals surface area contributed by atoms with E-state index in [0.717, 1.165) is 16.8 Å². The van der Waals surface area contributed by atoms with Crippen LogP contribution >= 0.6 is 11.3 Å². The molecule has 0 unspecified atom stereocenters. The van der Waals surface area contributed by atoms with Crippen LogP contribution < -0.4 is 0 Å². The van der Waals surface area contributed by atoms with Crippen molar-refractivity contribution in [3.63, 3.8) is 0 Å². The van der Waals surface area contributed by atoms with Gasteiger partial charge in [0, 0.05) is 42.8 Å². The van der Waals surface area contributed by atoms with Crippen LogP contribution in [0.4, 0.5) is 0 Å². The Labute approximate surface area is 235 Å². The molecule has 0 fully saturated rings. The van der Waals surface area contributed by atoms with Gasteiger partial charge in [-0.1, -0.05) is 80.6 Å². The molecule has 5 rings (SSSR count). The van der Waals surface area contributed by atoms with Crippen molar-refractivity contribution in [1.82, 2.24) is 4.98 Å². The molecule has 5 heteroatoms. The first-order valence-corrected chi connectivity index (χ1v) is 12.6. The van der Waals surface area contributed by atoms with Gasteiger partial charge in [-0.05, 0) is 36.1 Å². The van der Waals surface area contributed by atoms with Crippen LogP contribution in [-0.4, -0.2) is 15.9 Å². The molecule has 0 saturated carbocycles. The van der Waals surface area contributed by atoms with E-state index in [4.69, 9.17) is 10.1 Å². The topological polar surface area (TPSA) is 50.2 Å². The number of nitrogens with zero attached hydrogens (tertiary/aromatic N) is 1. The summed E-state index contributed by atoms with van der Waals surface area (Å²) >= 11 is 1.81. The second kappa shape index (κ2) is 12.7. The summed E-state index contributed by atoms with van der Waals surface area (Å²) in [5.74, 6) is -0.0625. The van der Waals surface area contributed by atoms with Crippen LogP contribution in [0.5, 0.6) is 0 Å². The van der Waals surface area contributed by atoms with Gasteiger partial charge in [0.15, 0.2) is 5.78 Å². The average molecular weight is 683 g/mol. The number of carbonyl (C=O) groups excluding carboxylic acids is 1. The number of aromatic nitrogens is 1. The maximum absolute atomic E-state index is 10.0. The van der Waals surface area contributed by atoms with Gasteiger partial charge in [0.2, 0.25) is 0 Å². The number of carbonyl (C=O) groups is 1. The van der Waals surface area contributed by atoms with E-state index in [9.17, 15) is 4.79 Å². The first-order chi connectivity index (χ1) is 17.3. The summed E-state index contributed by atoms with van der Waals surface area (Å²) in [5.41, 5.74) is 8.16. The van der Waals surface area contributed by atoms with E-state index in [1.807, 2.05) is 17.5 Å². The third kappa shape index (κ3) is 7.11. The summed E-state index contributed by atoms with van der Waals surface area (Å²) in [6.07, 6.45) is 3.18. The van der Waals surface area contributed by atoms with Gasteiger partial charge < -0.3 is 10.1 Å². The number of hydrogen-bond donors (Lipinski definition) is 1. The molecule has 3 aromatic carbocycles. The fourth-order valence-corrected chi connectivity index (χ4v) is 5.34. The number of thiophene rings is 1. The molecule has 0 aliphatic heterocycles. The Bertz CT molecular complexity index is 1520. The number of fused-ring (bicyclic) bond motifs is 1. The van der Waals surface area contributed by atoms with Gasteiger partial charge in [-0.25, -0.2) is 0 Å². The number of ketones is 1. The third-order valence-electron chi connectivity index (χ3n) is 5.51. The Morgan fingerprint density at radius 3 is 2.08 bits per heavy atom. The number of aliphatic hydroxyl groups excluding tert-OH is 1. The molecular weight excluding hydrogens is 655 g/mol. The fraction of sp³-hybridized carbons (Fsp3) is 0.125. The van der Waals surface area contributed by atoms with E-state index in [0.29, 0.717) is 0 Å². The van der Waals surface area contributed by atoms with E-state index >= 15 is 0 Å². The number of aliphatic hydroxyl groups is 1. The zero-order chi connectivity index (χ0) is 25.7. The number of allylic oxidation sites excluding steroid dienone is 2. The number of hydrogen-bond acceptors (Lipinski definition) is 4. The third-order valence-corrected chi connectivity index (χ3v) is 6.70. The molecule has 0 aliphatic carbocycles. The molecule has 0 bridgehead atoms. The molecule has 37 heavy (non-hydrogen) atoms. The van der Waals surface area contributed by atoms with Gasteiger partial charge in [0.1, 0.15) is 0 Å². The van der Waals surface area contributed by atoms with Gasteiger partial charge in [-0.3, -0.25) is 4.79 Å². The molecule has 5 aromatic rings. The molecule has 2 heterocycles. The molecule has 0 atom stereocenters. The Kier molecular flexibility index (Phi) is 9.71. The SMILES string of the molecule is CC(=O)/C=C(/C)O.Cc1[c-]c(-c2cc3c(-c4ccccc4)c(-c4ccccc4)sc3cn2)cc(C)c1.[Ir]. The zero-order valence-corrected chi connectivity index (χ0v) is 24.4. The second-order valence-electron chi connectivity index (χ2n) is 8.75. The van der Waals surface area contributed by atoms with Crippen molar-refractivity contribution < 1.29 is 30.0 Å². The van der Waals surface area contributed by atoms with Crippen molar-refractivity contribution in [2.75, 3.05) is 0 Å². The average Bonchev–Trinajstić information content (AvgIpc) is 3.23. The maximum atomic E-state index is 10.0. The van der Waals surface area contributed by atoms with Crippen LogP contribution in [0.3, 0.4) is 0 Å². The van der Waals surface area contributed by atoms with Crippen LogP contribution in [0.25, 0.3) is 42.9 Å². The molecular formula is C32H28IrNO2S-. The number of benzene rings is 3. The molecule has 1 N–H and O–H groups in total. The van der Waals surface area contributed by atoms with Gasteiger partial charge >= 0.3 is 0 Å². The maximum Gasteiger partial charge on any atom is 0.155 e. The number of aryl methyl sites for hydroxylation is 2. The molecule has 2 aromatic heterocycles. The van der Waals surface area contributed by atoms with Crippen LogP contribution in [0.15, 0.2) is 96.9 Å². The van der Waals surface area contributed by atoms with E-state index in [2.05, 4.69) is 98.8 Å². The minimum Gasteiger partial charge on any atom is -0.512 e. The Morgan fingerprint density at radius 1 is 0.919 bits per heavy atom. The summed E-state index contributed by atoms with van der Waals surface area (Å²) in [6, 6.07) is 31.3. The molecule has 1 radical (unpaired) electrons. The summed E-state index contributed by atoms with van der Waals surface area (Å²) < 4.78 is 1.20. The summed E-state index contributed by atoms with van der Waals surface area (Å²) in [4.78, 5) is 16.1. The van der Waals surface area contributed by atoms with Crippen LogP contribution in [0.1, 0.15) is 25.0 Å². The number of rotatable bonds is 4. The first kappa shape index (κ1) is 28.2. The van der Waals surface area contributed by atoms with Crippen molar-refractivity contribution in [3.05, 3.63) is 114 Å². The fourth-order valence-electron chi connectivity index (χ4n) is 4.16. The van der Waals surface area contributed by atoms with Gasteiger partial charge in [-0.15, -0.1) is 46.2 Å². The monoisotopic (exact) mass is 683 g/mol. The molecule has 3 nitrogen and oxygen atoms in total. The van der Waals surface area contributed by atoms with E-state index in [1.54, 1.807) is 0 Å². The molecule has 189 valence electrons. The van der Waals surface area contributed by atoms with Crippen LogP contribution in [-0.2, 0) is 24.9 Å². The number of pyridine rings is 1. The van der Waals surface area contributed by atoms with Gasteiger partial charge in [0.25, 0.3) is 0 Å². The first-order valence-electron chi connectivity index (χ1n) is 11.7. The van der Waals surface area contributed by atoms with Crippen molar-refractivity contribution in [3.8, 4) is 32.8 Å². The predicted octanol–water partition coefficient (Wildman–Crippen LogP) is 8.75. The minimum absolute atomic E-state index is 0. The van der Waals surface area contributed by atoms with E-state index in [-0.39, 0.29) is 31.6 Å².